The minimum atomic E-state index is -1.34. The molecular weight excluding hydrogens is 356 g/mol. The minimum absolute atomic E-state index is 0.00106. The number of nitro benzene ring substituents is 1. The Labute approximate surface area is 146 Å². The number of ether oxygens (including phenoxy) is 3. The number of rotatable bonds is 9. The van der Waals surface area contributed by atoms with Gasteiger partial charge in [0, 0.05) is 12.1 Å². The first kappa shape index (κ1) is 20.8. The summed E-state index contributed by atoms with van der Waals surface area (Å²) in [5, 5.41) is 30.5. The Hall–Kier alpha value is -3.25. The molecule has 0 saturated carbocycles. The lowest BCUT2D eigenvalue weighted by Gasteiger charge is -2.12. The maximum atomic E-state index is 11.4. The summed E-state index contributed by atoms with van der Waals surface area (Å²) in [4.78, 5) is 43.2. The summed E-state index contributed by atoms with van der Waals surface area (Å²) in [6.45, 7) is -2.31. The number of esters is 1. The van der Waals surface area contributed by atoms with Crippen molar-refractivity contribution in [3.8, 4) is 5.75 Å². The third kappa shape index (κ3) is 8.03. The van der Waals surface area contributed by atoms with Crippen molar-refractivity contribution in [3.05, 3.63) is 34.4 Å². The molecule has 0 bridgehead atoms. The first-order chi connectivity index (χ1) is 12.3. The maximum Gasteiger partial charge on any atom is 0.513 e. The Morgan fingerprint density at radius 1 is 1.15 bits per heavy atom. The van der Waals surface area contributed by atoms with Gasteiger partial charge < -0.3 is 29.7 Å². The molecule has 12 heteroatoms. The molecule has 0 aromatic heterocycles. The predicted octanol–water partition coefficient (Wildman–Crippen LogP) is -0.877. The van der Waals surface area contributed by atoms with Crippen LogP contribution in [0.2, 0.25) is 0 Å². The van der Waals surface area contributed by atoms with Crippen LogP contribution >= 0.6 is 0 Å². The van der Waals surface area contributed by atoms with Crippen LogP contribution in [0.3, 0.4) is 0 Å². The van der Waals surface area contributed by atoms with Gasteiger partial charge in [0.15, 0.2) is 0 Å². The van der Waals surface area contributed by atoms with Crippen LogP contribution in [0.1, 0.15) is 0 Å². The molecule has 0 radical (unpaired) electrons. The van der Waals surface area contributed by atoms with Crippen LogP contribution in [0.4, 0.5) is 10.5 Å². The smallest absolute Gasteiger partial charge is 0.461 e. The Morgan fingerprint density at radius 2 is 1.77 bits per heavy atom. The van der Waals surface area contributed by atoms with Gasteiger partial charge in [0.25, 0.3) is 5.69 Å². The SMILES string of the molecule is O=C(CO)NCC(=O)OCC(O)COC(=O)Oc1ccc([N+](=O)[O-])cc1. The Bertz CT molecular complexity index is 646. The van der Waals surface area contributed by atoms with E-state index in [9.17, 15) is 29.6 Å². The number of carbonyl (C=O) groups excluding carboxylic acids is 3. The third-order valence-electron chi connectivity index (χ3n) is 2.65. The van der Waals surface area contributed by atoms with E-state index in [0.29, 0.717) is 0 Å². The van der Waals surface area contributed by atoms with Crippen LogP contribution in [0.5, 0.6) is 5.75 Å². The van der Waals surface area contributed by atoms with E-state index in [2.05, 4.69) is 14.8 Å². The highest BCUT2D eigenvalue weighted by molar-refractivity contribution is 5.82. The van der Waals surface area contributed by atoms with Crippen molar-refractivity contribution in [1.29, 1.82) is 0 Å². The Balaban J connectivity index is 2.26. The molecule has 0 aliphatic rings. The monoisotopic (exact) mass is 372 g/mol. The van der Waals surface area contributed by atoms with Crippen molar-refractivity contribution in [2.24, 2.45) is 0 Å². The molecule has 1 rings (SSSR count). The number of non-ortho nitro benzene ring substituents is 1. The van der Waals surface area contributed by atoms with E-state index in [1.807, 2.05) is 0 Å². The van der Waals surface area contributed by atoms with Crippen molar-refractivity contribution in [2.45, 2.75) is 6.10 Å². The summed E-state index contributed by atoms with van der Waals surface area (Å²) in [5.41, 5.74) is -0.182. The van der Waals surface area contributed by atoms with E-state index in [0.717, 1.165) is 12.1 Å². The number of nitrogens with one attached hydrogen (secondary N) is 1. The van der Waals surface area contributed by atoms with Gasteiger partial charge in [-0.25, -0.2) is 4.79 Å². The fourth-order valence-corrected chi connectivity index (χ4v) is 1.44. The van der Waals surface area contributed by atoms with Crippen LogP contribution in [-0.2, 0) is 19.1 Å². The molecule has 1 amide bonds. The van der Waals surface area contributed by atoms with Crippen molar-refractivity contribution < 1.29 is 43.7 Å². The van der Waals surface area contributed by atoms with Gasteiger partial charge in [-0.3, -0.25) is 19.7 Å². The summed E-state index contributed by atoms with van der Waals surface area (Å²) >= 11 is 0. The first-order valence-corrected chi connectivity index (χ1v) is 7.12. The number of aliphatic hydroxyl groups is 2. The average molecular weight is 372 g/mol. The number of carbonyl (C=O) groups is 3. The summed E-state index contributed by atoms with van der Waals surface area (Å²) in [7, 11) is 0. The van der Waals surface area contributed by atoms with Gasteiger partial charge in [-0.15, -0.1) is 0 Å². The van der Waals surface area contributed by atoms with Gasteiger partial charge in [0.05, 0.1) is 4.92 Å². The zero-order chi connectivity index (χ0) is 19.5. The van der Waals surface area contributed by atoms with E-state index in [1.54, 1.807) is 0 Å². The van der Waals surface area contributed by atoms with Crippen LogP contribution in [-0.4, -0.2) is 65.6 Å². The second-order valence-corrected chi connectivity index (χ2v) is 4.69. The van der Waals surface area contributed by atoms with E-state index < -0.39 is 55.4 Å². The molecule has 0 aliphatic heterocycles. The largest absolute Gasteiger partial charge is 0.513 e. The van der Waals surface area contributed by atoms with Gasteiger partial charge in [-0.1, -0.05) is 0 Å². The minimum Gasteiger partial charge on any atom is -0.461 e. The van der Waals surface area contributed by atoms with Crippen molar-refractivity contribution >= 4 is 23.7 Å². The molecule has 1 unspecified atom stereocenters. The van der Waals surface area contributed by atoms with Crippen LogP contribution in [0, 0.1) is 10.1 Å². The normalized spacial score (nSPS) is 11.2. The van der Waals surface area contributed by atoms with Gasteiger partial charge in [0.2, 0.25) is 5.91 Å². The van der Waals surface area contributed by atoms with E-state index in [4.69, 9.17) is 9.84 Å². The standard InChI is InChI=1S/C14H16N2O10/c17-6-12(19)15-5-13(20)24-7-10(18)8-25-14(21)26-11-3-1-9(2-4-11)16(22)23/h1-4,10,17-18H,5-8H2,(H,15,19). The zero-order valence-electron chi connectivity index (χ0n) is 13.3. The fourth-order valence-electron chi connectivity index (χ4n) is 1.44. The van der Waals surface area contributed by atoms with Gasteiger partial charge in [0.1, 0.15) is 38.2 Å². The number of hydrogen-bond acceptors (Lipinski definition) is 10. The van der Waals surface area contributed by atoms with Crippen LogP contribution in [0.25, 0.3) is 0 Å². The second-order valence-electron chi connectivity index (χ2n) is 4.69. The average Bonchev–Trinajstić information content (AvgIpc) is 2.63. The van der Waals surface area contributed by atoms with E-state index in [1.165, 1.54) is 12.1 Å². The first-order valence-electron chi connectivity index (χ1n) is 7.12. The highest BCUT2D eigenvalue weighted by Gasteiger charge is 2.14. The Kier molecular flexibility index (Phi) is 8.46. The number of benzene rings is 1. The molecule has 0 fully saturated rings. The molecule has 1 atom stereocenters. The molecular formula is C14H16N2O10. The summed E-state index contributed by atoms with van der Waals surface area (Å²) in [6, 6.07) is 4.65. The number of nitro groups is 1. The van der Waals surface area contributed by atoms with Gasteiger partial charge >= 0.3 is 12.1 Å². The predicted molar refractivity (Wildman–Crippen MR) is 82.1 cm³/mol. The topological polar surface area (TPSA) is 175 Å². The quantitative estimate of drug-likeness (QED) is 0.214. The molecule has 0 heterocycles. The van der Waals surface area contributed by atoms with Crippen molar-refractivity contribution in [3.63, 3.8) is 0 Å². The lowest BCUT2D eigenvalue weighted by Crippen LogP contribution is -2.34. The van der Waals surface area contributed by atoms with Crippen molar-refractivity contribution in [2.75, 3.05) is 26.4 Å². The maximum absolute atomic E-state index is 11.4. The van der Waals surface area contributed by atoms with Crippen molar-refractivity contribution in [1.82, 2.24) is 5.32 Å². The molecule has 0 aliphatic carbocycles. The lowest BCUT2D eigenvalue weighted by atomic mass is 10.3. The molecule has 12 nitrogen and oxygen atoms in total. The molecule has 0 saturated heterocycles. The molecule has 1 aromatic carbocycles. The highest BCUT2D eigenvalue weighted by atomic mass is 16.7. The molecule has 0 spiro atoms. The lowest BCUT2D eigenvalue weighted by molar-refractivity contribution is -0.384. The van der Waals surface area contributed by atoms with Crippen LogP contribution in [0.15, 0.2) is 24.3 Å². The van der Waals surface area contributed by atoms with Gasteiger partial charge in [-0.05, 0) is 12.1 Å². The van der Waals surface area contributed by atoms with Gasteiger partial charge in [-0.2, -0.15) is 0 Å². The van der Waals surface area contributed by atoms with E-state index >= 15 is 0 Å². The fraction of sp³-hybridized carbons (Fsp3) is 0.357. The summed E-state index contributed by atoms with van der Waals surface area (Å²) < 4.78 is 13.9. The molecule has 3 N–H and O–H groups in total. The third-order valence-corrected chi connectivity index (χ3v) is 2.65. The number of hydrogen-bond donors (Lipinski definition) is 3. The number of amides is 1. The number of nitrogens with zero attached hydrogens (tertiary/aromatic N) is 1. The highest BCUT2D eigenvalue weighted by Crippen LogP contribution is 2.17. The summed E-state index contributed by atoms with van der Waals surface area (Å²) in [6.07, 6.45) is -2.50. The van der Waals surface area contributed by atoms with Crippen LogP contribution < -0.4 is 10.1 Å². The summed E-state index contributed by atoms with van der Waals surface area (Å²) in [5.74, 6) is -1.62. The second kappa shape index (κ2) is 10.6. The number of aliphatic hydroxyl groups excluding tert-OH is 2. The molecule has 26 heavy (non-hydrogen) atoms. The van der Waals surface area contributed by atoms with E-state index in [-0.39, 0.29) is 11.4 Å². The molecule has 1 aromatic rings. The molecule has 142 valence electrons. The zero-order valence-corrected chi connectivity index (χ0v) is 13.3. The Morgan fingerprint density at radius 3 is 2.35 bits per heavy atom.